The van der Waals surface area contributed by atoms with E-state index in [9.17, 15) is 0 Å². The van der Waals surface area contributed by atoms with E-state index < -0.39 is 0 Å². The maximum absolute atomic E-state index is 6.16. The van der Waals surface area contributed by atoms with Crippen LogP contribution < -0.4 is 0 Å². The standard InChI is InChI=1S/C23H31N5O2/c1-16(2)28-20-6-4-3-5-19(20)21(26-28)23-25-24-22(30-23)18-7-11-27(12-8-18)15-17-9-13-29-14-10-17/h3-6,16-18H,7-15H2,1-2H3. The Kier molecular flexibility index (Phi) is 5.56. The van der Waals surface area contributed by atoms with Crippen molar-refractivity contribution in [1.82, 2.24) is 24.9 Å². The van der Waals surface area contributed by atoms with Gasteiger partial charge in [0.2, 0.25) is 5.89 Å². The van der Waals surface area contributed by atoms with Gasteiger partial charge >= 0.3 is 0 Å². The van der Waals surface area contributed by atoms with Crippen LogP contribution in [0.3, 0.4) is 0 Å². The summed E-state index contributed by atoms with van der Waals surface area (Å²) in [6, 6.07) is 8.52. The Morgan fingerprint density at radius 1 is 1.03 bits per heavy atom. The van der Waals surface area contributed by atoms with Gasteiger partial charge in [0.1, 0.15) is 0 Å². The summed E-state index contributed by atoms with van der Waals surface area (Å²) in [5.74, 6) is 2.43. The second kappa shape index (κ2) is 8.47. The molecule has 2 fully saturated rings. The molecule has 7 heteroatoms. The highest BCUT2D eigenvalue weighted by atomic mass is 16.5. The summed E-state index contributed by atoms with van der Waals surface area (Å²) in [4.78, 5) is 2.60. The molecule has 1 aromatic carbocycles. The largest absolute Gasteiger partial charge is 0.419 e. The lowest BCUT2D eigenvalue weighted by atomic mass is 9.94. The summed E-state index contributed by atoms with van der Waals surface area (Å²) in [6.45, 7) is 9.52. The highest BCUT2D eigenvalue weighted by molar-refractivity contribution is 5.91. The molecule has 0 aliphatic carbocycles. The Hall–Kier alpha value is -2.25. The first-order valence-electron chi connectivity index (χ1n) is 11.3. The Balaban J connectivity index is 1.28. The third-order valence-electron chi connectivity index (χ3n) is 6.54. The maximum atomic E-state index is 6.16. The van der Waals surface area contributed by atoms with Gasteiger partial charge in [-0.1, -0.05) is 18.2 Å². The smallest absolute Gasteiger partial charge is 0.268 e. The van der Waals surface area contributed by atoms with Crippen molar-refractivity contribution in [2.75, 3.05) is 32.8 Å². The predicted molar refractivity (Wildman–Crippen MR) is 115 cm³/mol. The molecule has 0 N–H and O–H groups in total. The van der Waals surface area contributed by atoms with Crippen molar-refractivity contribution in [2.45, 2.75) is 51.5 Å². The number of rotatable bonds is 5. The monoisotopic (exact) mass is 409 g/mol. The Labute approximate surface area is 177 Å². The lowest BCUT2D eigenvalue weighted by molar-refractivity contribution is 0.0483. The zero-order chi connectivity index (χ0) is 20.5. The van der Waals surface area contributed by atoms with E-state index in [0.717, 1.165) is 67.6 Å². The van der Waals surface area contributed by atoms with Crippen molar-refractivity contribution in [3.63, 3.8) is 0 Å². The van der Waals surface area contributed by atoms with Gasteiger partial charge in [0.25, 0.3) is 5.89 Å². The summed E-state index contributed by atoms with van der Waals surface area (Å²) in [7, 11) is 0. The Morgan fingerprint density at radius 3 is 2.57 bits per heavy atom. The molecule has 2 aromatic heterocycles. The van der Waals surface area contributed by atoms with E-state index in [4.69, 9.17) is 14.3 Å². The van der Waals surface area contributed by atoms with E-state index in [1.165, 1.54) is 19.4 Å². The maximum Gasteiger partial charge on any atom is 0.268 e. The van der Waals surface area contributed by atoms with Crippen LogP contribution in [0.25, 0.3) is 22.5 Å². The predicted octanol–water partition coefficient (Wildman–Crippen LogP) is 4.27. The minimum Gasteiger partial charge on any atom is -0.419 e. The van der Waals surface area contributed by atoms with Crippen LogP contribution in [0.1, 0.15) is 57.4 Å². The lowest BCUT2D eigenvalue weighted by Crippen LogP contribution is -2.38. The number of hydrogen-bond acceptors (Lipinski definition) is 6. The van der Waals surface area contributed by atoms with Crippen molar-refractivity contribution < 1.29 is 9.15 Å². The van der Waals surface area contributed by atoms with Crippen LogP contribution in [0.4, 0.5) is 0 Å². The second-order valence-electron chi connectivity index (χ2n) is 8.98. The van der Waals surface area contributed by atoms with Crippen LogP contribution in [0.15, 0.2) is 28.7 Å². The van der Waals surface area contributed by atoms with Crippen molar-refractivity contribution in [3.05, 3.63) is 30.2 Å². The molecule has 0 spiro atoms. The highest BCUT2D eigenvalue weighted by Gasteiger charge is 2.28. The summed E-state index contributed by atoms with van der Waals surface area (Å²) >= 11 is 0. The third kappa shape index (κ3) is 3.88. The zero-order valence-corrected chi connectivity index (χ0v) is 18.0. The molecular weight excluding hydrogens is 378 g/mol. The van der Waals surface area contributed by atoms with Gasteiger partial charge in [-0.3, -0.25) is 4.68 Å². The fourth-order valence-electron chi connectivity index (χ4n) is 4.79. The van der Waals surface area contributed by atoms with E-state index in [1.54, 1.807) is 0 Å². The molecule has 0 atom stereocenters. The molecule has 3 aromatic rings. The van der Waals surface area contributed by atoms with Gasteiger partial charge in [0.05, 0.1) is 5.52 Å². The van der Waals surface area contributed by atoms with Gasteiger partial charge in [-0.2, -0.15) is 5.10 Å². The molecule has 2 saturated heterocycles. The van der Waals surface area contributed by atoms with E-state index in [-0.39, 0.29) is 6.04 Å². The number of benzene rings is 1. The molecule has 2 aliphatic heterocycles. The van der Waals surface area contributed by atoms with E-state index in [0.29, 0.717) is 11.8 Å². The minimum absolute atomic E-state index is 0.270. The van der Waals surface area contributed by atoms with Crippen LogP contribution in [0.2, 0.25) is 0 Å². The fourth-order valence-corrected chi connectivity index (χ4v) is 4.79. The minimum atomic E-state index is 0.270. The number of fused-ring (bicyclic) bond motifs is 1. The number of nitrogens with zero attached hydrogens (tertiary/aromatic N) is 5. The Morgan fingerprint density at radius 2 is 1.80 bits per heavy atom. The van der Waals surface area contributed by atoms with Crippen molar-refractivity contribution >= 4 is 10.9 Å². The first kappa shape index (κ1) is 19.7. The first-order chi connectivity index (χ1) is 14.7. The molecule has 2 aliphatic rings. The number of likely N-dealkylation sites (tertiary alicyclic amines) is 1. The van der Waals surface area contributed by atoms with Crippen LogP contribution in [0.5, 0.6) is 0 Å². The van der Waals surface area contributed by atoms with E-state index in [1.807, 2.05) is 16.8 Å². The molecule has 0 bridgehead atoms. The Bertz CT molecular complexity index is 981. The van der Waals surface area contributed by atoms with Gasteiger partial charge in [-0.15, -0.1) is 10.2 Å². The first-order valence-corrected chi connectivity index (χ1v) is 11.3. The SMILES string of the molecule is CC(C)n1nc(-c2nnc(C3CCN(CC4CCOCC4)CC3)o2)c2ccccc21. The van der Waals surface area contributed by atoms with Crippen LogP contribution >= 0.6 is 0 Å². The summed E-state index contributed by atoms with van der Waals surface area (Å²) < 4.78 is 13.7. The molecule has 0 radical (unpaired) electrons. The van der Waals surface area contributed by atoms with Crippen LogP contribution in [-0.2, 0) is 4.74 Å². The number of ether oxygens (including phenoxy) is 1. The van der Waals surface area contributed by atoms with Crippen molar-refractivity contribution in [3.8, 4) is 11.6 Å². The summed E-state index contributed by atoms with van der Waals surface area (Å²) in [5.41, 5.74) is 1.89. The van der Waals surface area contributed by atoms with Gasteiger partial charge < -0.3 is 14.1 Å². The van der Waals surface area contributed by atoms with Crippen molar-refractivity contribution in [2.24, 2.45) is 5.92 Å². The van der Waals surface area contributed by atoms with Gasteiger partial charge in [0.15, 0.2) is 5.69 Å². The van der Waals surface area contributed by atoms with E-state index in [2.05, 4.69) is 41.1 Å². The third-order valence-corrected chi connectivity index (χ3v) is 6.54. The molecule has 160 valence electrons. The van der Waals surface area contributed by atoms with Crippen molar-refractivity contribution in [1.29, 1.82) is 0 Å². The molecule has 30 heavy (non-hydrogen) atoms. The summed E-state index contributed by atoms with van der Waals surface area (Å²) in [6.07, 6.45) is 4.55. The molecule has 4 heterocycles. The number of para-hydroxylation sites is 1. The average molecular weight is 410 g/mol. The molecule has 5 rings (SSSR count). The normalized spacial score (nSPS) is 19.8. The average Bonchev–Trinajstić information content (AvgIpc) is 3.40. The lowest BCUT2D eigenvalue weighted by Gasteiger charge is -2.34. The number of hydrogen-bond donors (Lipinski definition) is 0. The fraction of sp³-hybridized carbons (Fsp3) is 0.609. The second-order valence-corrected chi connectivity index (χ2v) is 8.98. The highest BCUT2D eigenvalue weighted by Crippen LogP contribution is 2.33. The summed E-state index contributed by atoms with van der Waals surface area (Å²) in [5, 5.41) is 14.7. The molecular formula is C23H31N5O2. The van der Waals surface area contributed by atoms with E-state index >= 15 is 0 Å². The number of aromatic nitrogens is 4. The number of piperidine rings is 1. The van der Waals surface area contributed by atoms with Crippen LogP contribution in [0, 0.1) is 5.92 Å². The molecule has 7 nitrogen and oxygen atoms in total. The molecule has 0 saturated carbocycles. The molecule has 0 amide bonds. The van der Waals surface area contributed by atoms with Crippen LogP contribution in [-0.4, -0.2) is 57.7 Å². The van der Waals surface area contributed by atoms with Gasteiger partial charge in [-0.05, 0) is 64.6 Å². The molecule has 0 unspecified atom stereocenters. The van der Waals surface area contributed by atoms with Gasteiger partial charge in [-0.25, -0.2) is 0 Å². The topological polar surface area (TPSA) is 69.2 Å². The zero-order valence-electron chi connectivity index (χ0n) is 18.0. The quantitative estimate of drug-likeness (QED) is 0.627. The van der Waals surface area contributed by atoms with Gasteiger partial charge in [0, 0.05) is 37.1 Å².